The smallest absolute Gasteiger partial charge is 0.0174 e. The van der Waals surface area contributed by atoms with E-state index in [0.29, 0.717) is 0 Å². The maximum absolute atomic E-state index is 3.98. The fourth-order valence-electron chi connectivity index (χ4n) is 1.62. The van der Waals surface area contributed by atoms with Crippen LogP contribution in [-0.4, -0.2) is 0 Å². The maximum atomic E-state index is 3.98. The van der Waals surface area contributed by atoms with Crippen LogP contribution >= 0.6 is 0 Å². The molecule has 7 heavy (non-hydrogen) atoms. The molecule has 0 aromatic rings. The summed E-state index contributed by atoms with van der Waals surface area (Å²) in [5.41, 5.74) is 1.53. The van der Waals surface area contributed by atoms with Gasteiger partial charge in [0.05, 0.1) is 0 Å². The monoisotopic (exact) mass is 94.1 g/mol. The third-order valence-electron chi connectivity index (χ3n) is 2.28. The van der Waals surface area contributed by atoms with E-state index in [9.17, 15) is 0 Å². The Kier molecular flexibility index (Phi) is 0.495. The molecule has 38 valence electrons. The largest absolute Gasteiger partial charge is 0.0996 e. The predicted molar refractivity (Wildman–Crippen MR) is 30.0 cm³/mol. The maximum Gasteiger partial charge on any atom is -0.0174 e. The van der Waals surface area contributed by atoms with E-state index in [0.717, 1.165) is 11.8 Å². The molecule has 0 saturated heterocycles. The molecular formula is C7H10. The summed E-state index contributed by atoms with van der Waals surface area (Å²) in [6, 6.07) is 0. The average Bonchev–Trinajstić information content (AvgIpc) is 2.33. The SMILES string of the molecule is C=C1CC[C@H]2CC12. The van der Waals surface area contributed by atoms with Crippen LogP contribution in [0.25, 0.3) is 0 Å². The topological polar surface area (TPSA) is 0 Å². The minimum Gasteiger partial charge on any atom is -0.0996 e. The van der Waals surface area contributed by atoms with E-state index < -0.39 is 0 Å². The van der Waals surface area contributed by atoms with Crippen LogP contribution in [0.2, 0.25) is 0 Å². The second-order valence-electron chi connectivity index (χ2n) is 2.80. The van der Waals surface area contributed by atoms with Crippen molar-refractivity contribution in [2.24, 2.45) is 11.8 Å². The molecule has 0 N–H and O–H groups in total. The van der Waals surface area contributed by atoms with Crippen LogP contribution in [0.3, 0.4) is 0 Å². The fraction of sp³-hybridized carbons (Fsp3) is 0.714. The van der Waals surface area contributed by atoms with Crippen molar-refractivity contribution in [2.75, 3.05) is 0 Å². The summed E-state index contributed by atoms with van der Waals surface area (Å²) < 4.78 is 0. The van der Waals surface area contributed by atoms with Gasteiger partial charge in [-0.1, -0.05) is 12.2 Å². The highest BCUT2D eigenvalue weighted by molar-refractivity contribution is 5.17. The molecule has 1 unspecified atom stereocenters. The number of allylic oxidation sites excluding steroid dienone is 1. The summed E-state index contributed by atoms with van der Waals surface area (Å²) in [7, 11) is 0. The Morgan fingerprint density at radius 2 is 2.43 bits per heavy atom. The average molecular weight is 94.2 g/mol. The van der Waals surface area contributed by atoms with Crippen LogP contribution in [0.1, 0.15) is 19.3 Å². The zero-order valence-electron chi connectivity index (χ0n) is 4.48. The molecule has 0 nitrogen and oxygen atoms in total. The molecule has 0 aromatic heterocycles. The van der Waals surface area contributed by atoms with Crippen LogP contribution in [0.15, 0.2) is 12.2 Å². The molecule has 0 heteroatoms. The van der Waals surface area contributed by atoms with Gasteiger partial charge in [-0.15, -0.1) is 0 Å². The summed E-state index contributed by atoms with van der Waals surface area (Å²) in [5, 5.41) is 0. The van der Waals surface area contributed by atoms with Gasteiger partial charge in [-0.3, -0.25) is 0 Å². The number of hydrogen-bond donors (Lipinski definition) is 0. The normalized spacial score (nSPS) is 46.6. The van der Waals surface area contributed by atoms with Gasteiger partial charge in [0.2, 0.25) is 0 Å². The van der Waals surface area contributed by atoms with Gasteiger partial charge in [0.1, 0.15) is 0 Å². The molecular weight excluding hydrogens is 84.1 g/mol. The highest BCUT2D eigenvalue weighted by Gasteiger charge is 2.43. The zero-order chi connectivity index (χ0) is 4.85. The third kappa shape index (κ3) is 0.370. The summed E-state index contributed by atoms with van der Waals surface area (Å²) in [5.74, 6) is 2.08. The number of hydrogen-bond acceptors (Lipinski definition) is 0. The Labute approximate surface area is 44.2 Å². The van der Waals surface area contributed by atoms with Crippen LogP contribution in [0, 0.1) is 11.8 Å². The summed E-state index contributed by atoms with van der Waals surface area (Å²) >= 11 is 0. The molecule has 0 radical (unpaired) electrons. The van der Waals surface area contributed by atoms with Crippen LogP contribution in [0.5, 0.6) is 0 Å². The van der Waals surface area contributed by atoms with Crippen molar-refractivity contribution in [1.82, 2.24) is 0 Å². The van der Waals surface area contributed by atoms with E-state index in [1.165, 1.54) is 24.8 Å². The van der Waals surface area contributed by atoms with Gasteiger partial charge in [0, 0.05) is 0 Å². The molecule has 0 spiro atoms. The molecule has 0 bridgehead atoms. The van der Waals surface area contributed by atoms with Gasteiger partial charge in [-0.05, 0) is 31.1 Å². The lowest BCUT2D eigenvalue weighted by Crippen LogP contribution is -1.72. The first-order valence-electron chi connectivity index (χ1n) is 3.05. The standard InChI is InChI=1S/C7H10/c1-5-2-3-6-4-7(5)6/h6-7H,1-4H2/t6-,7?/m0/s1. The molecule has 0 heterocycles. The van der Waals surface area contributed by atoms with Crippen molar-refractivity contribution in [1.29, 1.82) is 0 Å². The van der Waals surface area contributed by atoms with Crippen molar-refractivity contribution in [2.45, 2.75) is 19.3 Å². The van der Waals surface area contributed by atoms with Gasteiger partial charge in [0.15, 0.2) is 0 Å². The van der Waals surface area contributed by atoms with Gasteiger partial charge < -0.3 is 0 Å². The lowest BCUT2D eigenvalue weighted by molar-refractivity contribution is 0.786. The van der Waals surface area contributed by atoms with E-state index in [4.69, 9.17) is 0 Å². The Morgan fingerprint density at radius 3 is 2.57 bits per heavy atom. The number of fused-ring (bicyclic) bond motifs is 1. The highest BCUT2D eigenvalue weighted by Crippen LogP contribution is 2.54. The van der Waals surface area contributed by atoms with E-state index in [1.54, 1.807) is 0 Å². The molecule has 2 aliphatic rings. The Morgan fingerprint density at radius 1 is 1.57 bits per heavy atom. The van der Waals surface area contributed by atoms with Crippen molar-refractivity contribution < 1.29 is 0 Å². The van der Waals surface area contributed by atoms with E-state index in [-0.39, 0.29) is 0 Å². The molecule has 2 saturated carbocycles. The Hall–Kier alpha value is -0.260. The van der Waals surface area contributed by atoms with Gasteiger partial charge in [-0.2, -0.15) is 0 Å². The quantitative estimate of drug-likeness (QED) is 0.402. The van der Waals surface area contributed by atoms with Crippen molar-refractivity contribution in [3.05, 3.63) is 12.2 Å². The molecule has 2 atom stereocenters. The molecule has 2 aliphatic carbocycles. The van der Waals surface area contributed by atoms with E-state index >= 15 is 0 Å². The molecule has 2 rings (SSSR count). The van der Waals surface area contributed by atoms with E-state index in [1.807, 2.05) is 0 Å². The Balaban J connectivity index is 2.21. The molecule has 2 fully saturated rings. The van der Waals surface area contributed by atoms with Crippen molar-refractivity contribution in [3.8, 4) is 0 Å². The Bertz CT molecular complexity index is 113. The van der Waals surface area contributed by atoms with Gasteiger partial charge in [0.25, 0.3) is 0 Å². The first-order valence-corrected chi connectivity index (χ1v) is 3.05. The lowest BCUT2D eigenvalue weighted by atomic mass is 10.2. The lowest BCUT2D eigenvalue weighted by Gasteiger charge is -1.88. The van der Waals surface area contributed by atoms with Crippen molar-refractivity contribution in [3.63, 3.8) is 0 Å². The zero-order valence-corrected chi connectivity index (χ0v) is 4.48. The number of rotatable bonds is 0. The molecule has 0 aromatic carbocycles. The van der Waals surface area contributed by atoms with Crippen molar-refractivity contribution >= 4 is 0 Å². The fourth-order valence-corrected chi connectivity index (χ4v) is 1.62. The van der Waals surface area contributed by atoms with Crippen LogP contribution in [-0.2, 0) is 0 Å². The molecule has 0 aliphatic heterocycles. The minimum absolute atomic E-state index is 0.986. The molecule has 0 amide bonds. The van der Waals surface area contributed by atoms with E-state index in [2.05, 4.69) is 6.58 Å². The summed E-state index contributed by atoms with van der Waals surface area (Å²) in [6.45, 7) is 3.98. The van der Waals surface area contributed by atoms with Gasteiger partial charge in [-0.25, -0.2) is 0 Å². The minimum atomic E-state index is 0.986. The second-order valence-corrected chi connectivity index (χ2v) is 2.80. The first-order chi connectivity index (χ1) is 3.38. The summed E-state index contributed by atoms with van der Waals surface area (Å²) in [4.78, 5) is 0. The first kappa shape index (κ1) is 3.71. The summed E-state index contributed by atoms with van der Waals surface area (Å²) in [6.07, 6.45) is 4.25. The van der Waals surface area contributed by atoms with Crippen LogP contribution in [0.4, 0.5) is 0 Å². The second kappa shape index (κ2) is 0.936. The van der Waals surface area contributed by atoms with Gasteiger partial charge >= 0.3 is 0 Å². The third-order valence-corrected chi connectivity index (χ3v) is 2.28. The predicted octanol–water partition coefficient (Wildman–Crippen LogP) is 1.97. The highest BCUT2D eigenvalue weighted by atomic mass is 14.5. The van der Waals surface area contributed by atoms with Crippen LogP contribution < -0.4 is 0 Å².